The first-order valence-electron chi connectivity index (χ1n) is 7.85. The monoisotopic (exact) mass is 299 g/mol. The van der Waals surface area contributed by atoms with Crippen molar-refractivity contribution in [3.05, 3.63) is 47.4 Å². The zero-order valence-corrected chi connectivity index (χ0v) is 12.3. The van der Waals surface area contributed by atoms with E-state index >= 15 is 0 Å². The quantitative estimate of drug-likeness (QED) is 0.920. The number of carbonyl (C=O) groups excluding carboxylic acids is 1. The van der Waals surface area contributed by atoms with Crippen LogP contribution in [0.4, 0.5) is 10.2 Å². The lowest BCUT2D eigenvalue weighted by atomic mass is 9.87. The van der Waals surface area contributed by atoms with Crippen LogP contribution in [0.5, 0.6) is 0 Å². The number of amides is 1. The number of nitrogens with one attached hydrogen (secondary N) is 1. The fraction of sp³-hybridized carbons (Fsp3) is 0.412. The van der Waals surface area contributed by atoms with Gasteiger partial charge in [0.15, 0.2) is 0 Å². The van der Waals surface area contributed by atoms with Crippen molar-refractivity contribution in [2.24, 2.45) is 0 Å². The summed E-state index contributed by atoms with van der Waals surface area (Å²) < 4.78 is 15.5. The predicted octanol–water partition coefficient (Wildman–Crippen LogP) is 3.61. The van der Waals surface area contributed by atoms with E-state index in [9.17, 15) is 9.18 Å². The Balaban J connectivity index is 1.76. The van der Waals surface area contributed by atoms with Gasteiger partial charge in [-0.15, -0.1) is 0 Å². The van der Waals surface area contributed by atoms with Crippen molar-refractivity contribution < 1.29 is 9.18 Å². The summed E-state index contributed by atoms with van der Waals surface area (Å²) in [5.41, 5.74) is 1.83. The zero-order chi connectivity index (χ0) is 15.1. The van der Waals surface area contributed by atoms with Gasteiger partial charge in [-0.25, -0.2) is 9.07 Å². The fourth-order valence-electron chi connectivity index (χ4n) is 3.68. The normalized spacial score (nSPS) is 21.7. The van der Waals surface area contributed by atoms with Gasteiger partial charge in [0.1, 0.15) is 11.6 Å². The Morgan fingerprint density at radius 3 is 2.86 bits per heavy atom. The van der Waals surface area contributed by atoms with Crippen molar-refractivity contribution in [3.63, 3.8) is 0 Å². The number of hydrogen-bond acceptors (Lipinski definition) is 2. The molecule has 4 rings (SSSR count). The molecule has 4 nitrogen and oxygen atoms in total. The fourth-order valence-corrected chi connectivity index (χ4v) is 3.68. The highest BCUT2D eigenvalue weighted by molar-refractivity contribution is 5.94. The van der Waals surface area contributed by atoms with Crippen LogP contribution in [0.1, 0.15) is 55.2 Å². The number of aromatic nitrogens is 2. The zero-order valence-electron chi connectivity index (χ0n) is 12.3. The van der Waals surface area contributed by atoms with Gasteiger partial charge in [-0.05, 0) is 30.5 Å². The van der Waals surface area contributed by atoms with Crippen LogP contribution in [-0.4, -0.2) is 15.7 Å². The summed E-state index contributed by atoms with van der Waals surface area (Å²) in [4.78, 5) is 12.1. The lowest BCUT2D eigenvalue weighted by molar-refractivity contribution is -0.116. The standard InChI is InChI=1S/C17H18FN3O/c18-12-5-3-4-11(8-12)14-9-16(22)20-17-15(14)10-19-21(17)13-6-1-2-7-13/h3-5,8,10,13-14H,1-2,6-7,9H2,(H,20,22)/t14-/m0/s1. The summed E-state index contributed by atoms with van der Waals surface area (Å²) in [6, 6.07) is 6.88. The molecule has 2 aliphatic rings. The molecular weight excluding hydrogens is 281 g/mol. The smallest absolute Gasteiger partial charge is 0.226 e. The number of hydrogen-bond donors (Lipinski definition) is 1. The summed E-state index contributed by atoms with van der Waals surface area (Å²) >= 11 is 0. The van der Waals surface area contributed by atoms with Crippen LogP contribution in [0.25, 0.3) is 0 Å². The average Bonchev–Trinajstić information content (AvgIpc) is 3.14. The van der Waals surface area contributed by atoms with E-state index in [2.05, 4.69) is 10.4 Å². The number of fused-ring (bicyclic) bond motifs is 1. The molecule has 1 aromatic carbocycles. The number of carbonyl (C=O) groups is 1. The molecule has 5 heteroatoms. The summed E-state index contributed by atoms with van der Waals surface area (Å²) in [7, 11) is 0. The number of anilines is 1. The van der Waals surface area contributed by atoms with E-state index in [1.807, 2.05) is 16.9 Å². The molecule has 2 aromatic rings. The van der Waals surface area contributed by atoms with Gasteiger partial charge in [0.25, 0.3) is 0 Å². The minimum atomic E-state index is -0.270. The van der Waals surface area contributed by atoms with Gasteiger partial charge in [-0.1, -0.05) is 25.0 Å². The van der Waals surface area contributed by atoms with Crippen LogP contribution in [0, 0.1) is 5.82 Å². The Morgan fingerprint density at radius 1 is 1.27 bits per heavy atom. The maximum absolute atomic E-state index is 13.5. The second-order valence-corrected chi connectivity index (χ2v) is 6.19. The molecule has 2 heterocycles. The number of rotatable bonds is 2. The van der Waals surface area contributed by atoms with Gasteiger partial charge >= 0.3 is 0 Å². The van der Waals surface area contributed by atoms with Crippen molar-refractivity contribution in [2.45, 2.75) is 44.1 Å². The molecule has 0 unspecified atom stereocenters. The first-order valence-corrected chi connectivity index (χ1v) is 7.85. The van der Waals surface area contributed by atoms with E-state index in [0.29, 0.717) is 12.5 Å². The molecule has 1 aromatic heterocycles. The van der Waals surface area contributed by atoms with E-state index < -0.39 is 0 Å². The molecule has 1 atom stereocenters. The van der Waals surface area contributed by atoms with E-state index in [4.69, 9.17) is 0 Å². The first kappa shape index (κ1) is 13.5. The van der Waals surface area contributed by atoms with Crippen LogP contribution >= 0.6 is 0 Å². The third-order valence-electron chi connectivity index (χ3n) is 4.77. The van der Waals surface area contributed by atoms with Crippen molar-refractivity contribution in [1.29, 1.82) is 0 Å². The Kier molecular flexibility index (Phi) is 3.21. The van der Waals surface area contributed by atoms with Gasteiger partial charge in [0, 0.05) is 17.9 Å². The van der Waals surface area contributed by atoms with Crippen molar-refractivity contribution in [3.8, 4) is 0 Å². The number of nitrogens with zero attached hydrogens (tertiary/aromatic N) is 2. The van der Waals surface area contributed by atoms with Crippen LogP contribution in [0.15, 0.2) is 30.5 Å². The van der Waals surface area contributed by atoms with Gasteiger partial charge in [0.05, 0.1) is 12.2 Å². The molecule has 1 amide bonds. The minimum absolute atomic E-state index is 0.0264. The highest BCUT2D eigenvalue weighted by Gasteiger charge is 2.32. The Labute approximate surface area is 128 Å². The van der Waals surface area contributed by atoms with Gasteiger partial charge in [0.2, 0.25) is 5.91 Å². The molecule has 114 valence electrons. The van der Waals surface area contributed by atoms with Crippen molar-refractivity contribution in [1.82, 2.24) is 9.78 Å². The van der Waals surface area contributed by atoms with E-state index in [1.54, 1.807) is 6.07 Å². The lowest BCUT2D eigenvalue weighted by Crippen LogP contribution is -2.25. The Hall–Kier alpha value is -2.17. The van der Waals surface area contributed by atoms with Crippen LogP contribution < -0.4 is 5.32 Å². The third kappa shape index (κ3) is 2.21. The van der Waals surface area contributed by atoms with Crippen molar-refractivity contribution in [2.75, 3.05) is 5.32 Å². The van der Waals surface area contributed by atoms with Crippen LogP contribution in [0.2, 0.25) is 0 Å². The molecule has 1 N–H and O–H groups in total. The van der Waals surface area contributed by atoms with Gasteiger partial charge in [-0.3, -0.25) is 4.79 Å². The maximum atomic E-state index is 13.5. The molecule has 0 bridgehead atoms. The summed E-state index contributed by atoms with van der Waals surface area (Å²) in [5.74, 6) is 0.390. The number of benzene rings is 1. The summed E-state index contributed by atoms with van der Waals surface area (Å²) in [6.45, 7) is 0. The molecule has 1 fully saturated rings. The third-order valence-corrected chi connectivity index (χ3v) is 4.77. The first-order chi connectivity index (χ1) is 10.7. The second kappa shape index (κ2) is 5.23. The highest BCUT2D eigenvalue weighted by Crippen LogP contribution is 2.40. The molecule has 0 saturated heterocycles. The van der Waals surface area contributed by atoms with Gasteiger partial charge in [-0.2, -0.15) is 5.10 Å². The predicted molar refractivity (Wildman–Crippen MR) is 81.2 cm³/mol. The average molecular weight is 299 g/mol. The molecule has 1 aliphatic heterocycles. The van der Waals surface area contributed by atoms with E-state index in [-0.39, 0.29) is 17.6 Å². The minimum Gasteiger partial charge on any atom is -0.311 e. The highest BCUT2D eigenvalue weighted by atomic mass is 19.1. The summed E-state index contributed by atoms with van der Waals surface area (Å²) in [6.07, 6.45) is 6.81. The molecular formula is C17H18FN3O. The van der Waals surface area contributed by atoms with Crippen LogP contribution in [0.3, 0.4) is 0 Å². The maximum Gasteiger partial charge on any atom is 0.226 e. The van der Waals surface area contributed by atoms with Gasteiger partial charge < -0.3 is 5.32 Å². The van der Waals surface area contributed by atoms with Crippen LogP contribution in [-0.2, 0) is 4.79 Å². The Morgan fingerprint density at radius 2 is 2.09 bits per heavy atom. The molecule has 0 radical (unpaired) electrons. The topological polar surface area (TPSA) is 46.9 Å². The molecule has 1 aliphatic carbocycles. The molecule has 0 spiro atoms. The SMILES string of the molecule is O=C1C[C@@H](c2cccc(F)c2)c2cnn(C3CCCC3)c2N1. The van der Waals surface area contributed by atoms with E-state index in [1.165, 1.54) is 25.0 Å². The second-order valence-electron chi connectivity index (χ2n) is 6.19. The number of halogens is 1. The Bertz CT molecular complexity index is 718. The van der Waals surface area contributed by atoms with Crippen molar-refractivity contribution >= 4 is 11.7 Å². The van der Waals surface area contributed by atoms with E-state index in [0.717, 1.165) is 29.8 Å². The molecule has 22 heavy (non-hydrogen) atoms. The largest absolute Gasteiger partial charge is 0.311 e. The summed E-state index contributed by atoms with van der Waals surface area (Å²) in [5, 5.41) is 7.49. The lowest BCUT2D eigenvalue weighted by Gasteiger charge is -2.25. The molecule has 1 saturated carbocycles.